The molecule has 0 aromatic carbocycles. The Morgan fingerprint density at radius 3 is 2.42 bits per heavy atom. The minimum atomic E-state index is -0.314. The molecule has 0 atom stereocenters. The van der Waals surface area contributed by atoms with Crippen molar-refractivity contribution in [3.8, 4) is 0 Å². The third kappa shape index (κ3) is 3.53. The van der Waals surface area contributed by atoms with Gasteiger partial charge in [0.2, 0.25) is 0 Å². The summed E-state index contributed by atoms with van der Waals surface area (Å²) in [4.78, 5) is 12.4. The highest BCUT2D eigenvalue weighted by Crippen LogP contribution is 2.10. The number of nitrogens with zero attached hydrogens (tertiary/aromatic N) is 1. The highest BCUT2D eigenvalue weighted by molar-refractivity contribution is 5.87. The molecule has 3 heteroatoms. The van der Waals surface area contributed by atoms with Crippen LogP contribution in [-0.2, 0) is 4.79 Å². The topological polar surface area (TPSA) is 40.5 Å². The second kappa shape index (κ2) is 4.26. The van der Waals surface area contributed by atoms with E-state index in [4.69, 9.17) is 5.11 Å². The summed E-state index contributed by atoms with van der Waals surface area (Å²) in [7, 11) is 1.83. The first kappa shape index (κ1) is 11.2. The summed E-state index contributed by atoms with van der Waals surface area (Å²) < 4.78 is 0. The zero-order chi connectivity index (χ0) is 9.78. The number of hydrogen-bond donors (Lipinski definition) is 1. The first-order chi connectivity index (χ1) is 5.40. The molecule has 0 rings (SSSR count). The number of rotatable bonds is 4. The zero-order valence-corrected chi connectivity index (χ0v) is 8.16. The first-order valence-electron chi connectivity index (χ1n) is 3.92. The van der Waals surface area contributed by atoms with Crippen LogP contribution in [0.15, 0.2) is 12.3 Å². The molecule has 12 heavy (non-hydrogen) atoms. The third-order valence-electron chi connectivity index (χ3n) is 1.87. The fourth-order valence-electron chi connectivity index (χ4n) is 0.530. The SMILES string of the molecule is CC(=O)/C=C/N(C)C(C)(C)CO. The number of carbonyl (C=O) groups is 1. The van der Waals surface area contributed by atoms with E-state index in [1.165, 1.54) is 13.0 Å². The predicted octanol–water partition coefficient (Wildman–Crippen LogP) is 0.792. The van der Waals surface area contributed by atoms with Crippen LogP contribution in [0.1, 0.15) is 20.8 Å². The first-order valence-corrected chi connectivity index (χ1v) is 3.92. The zero-order valence-electron chi connectivity index (χ0n) is 8.16. The Hall–Kier alpha value is -0.830. The van der Waals surface area contributed by atoms with Gasteiger partial charge >= 0.3 is 0 Å². The molecule has 0 saturated carbocycles. The second-order valence-electron chi connectivity index (χ2n) is 3.51. The minimum Gasteiger partial charge on any atom is -0.394 e. The number of ketones is 1. The summed E-state index contributed by atoms with van der Waals surface area (Å²) in [6.45, 7) is 5.36. The van der Waals surface area contributed by atoms with Crippen molar-refractivity contribution in [2.24, 2.45) is 0 Å². The number of aliphatic hydroxyl groups is 1. The summed E-state index contributed by atoms with van der Waals surface area (Å²) in [6.07, 6.45) is 3.16. The van der Waals surface area contributed by atoms with Gasteiger partial charge in [0.25, 0.3) is 0 Å². The summed E-state index contributed by atoms with van der Waals surface area (Å²) in [5, 5.41) is 8.97. The van der Waals surface area contributed by atoms with Gasteiger partial charge < -0.3 is 10.0 Å². The van der Waals surface area contributed by atoms with E-state index in [2.05, 4.69) is 0 Å². The Balaban J connectivity index is 4.20. The van der Waals surface area contributed by atoms with Crippen molar-refractivity contribution in [3.05, 3.63) is 12.3 Å². The van der Waals surface area contributed by atoms with E-state index in [0.717, 1.165) is 0 Å². The van der Waals surface area contributed by atoms with E-state index in [1.807, 2.05) is 25.8 Å². The molecule has 0 unspecified atom stereocenters. The van der Waals surface area contributed by atoms with Crippen LogP contribution in [0.4, 0.5) is 0 Å². The van der Waals surface area contributed by atoms with Crippen molar-refractivity contribution >= 4 is 5.78 Å². The number of aliphatic hydroxyl groups excluding tert-OH is 1. The molecule has 0 saturated heterocycles. The van der Waals surface area contributed by atoms with Gasteiger partial charge in [0.15, 0.2) is 5.78 Å². The van der Waals surface area contributed by atoms with Crippen molar-refractivity contribution in [1.29, 1.82) is 0 Å². The van der Waals surface area contributed by atoms with Gasteiger partial charge in [-0.3, -0.25) is 4.79 Å². The Morgan fingerprint density at radius 2 is 2.08 bits per heavy atom. The quantitative estimate of drug-likeness (QED) is 0.636. The van der Waals surface area contributed by atoms with Gasteiger partial charge in [-0.25, -0.2) is 0 Å². The lowest BCUT2D eigenvalue weighted by atomic mass is 10.1. The lowest BCUT2D eigenvalue weighted by Gasteiger charge is -2.32. The van der Waals surface area contributed by atoms with Gasteiger partial charge in [-0.1, -0.05) is 0 Å². The molecule has 0 bridgehead atoms. The fraction of sp³-hybridized carbons (Fsp3) is 0.667. The minimum absolute atomic E-state index is 0.00981. The molecule has 0 aliphatic carbocycles. The maximum atomic E-state index is 10.6. The number of allylic oxidation sites excluding steroid dienone is 1. The lowest BCUT2D eigenvalue weighted by Crippen LogP contribution is -2.40. The summed E-state index contributed by atoms with van der Waals surface area (Å²) >= 11 is 0. The van der Waals surface area contributed by atoms with E-state index < -0.39 is 0 Å². The smallest absolute Gasteiger partial charge is 0.154 e. The number of likely N-dealkylation sites (N-methyl/N-ethyl adjacent to an activating group) is 1. The molecular formula is C9H17NO2. The van der Waals surface area contributed by atoms with Crippen LogP contribution in [-0.4, -0.2) is 35.0 Å². The Morgan fingerprint density at radius 1 is 1.58 bits per heavy atom. The number of carbonyl (C=O) groups excluding carboxylic acids is 1. The highest BCUT2D eigenvalue weighted by Gasteiger charge is 2.19. The van der Waals surface area contributed by atoms with Gasteiger partial charge in [-0.15, -0.1) is 0 Å². The van der Waals surface area contributed by atoms with Crippen molar-refractivity contribution < 1.29 is 9.90 Å². The highest BCUT2D eigenvalue weighted by atomic mass is 16.3. The summed E-state index contributed by atoms with van der Waals surface area (Å²) in [5.74, 6) is 0.00981. The van der Waals surface area contributed by atoms with Crippen LogP contribution in [0.2, 0.25) is 0 Å². The van der Waals surface area contributed by atoms with Crippen LogP contribution in [0.3, 0.4) is 0 Å². The normalized spacial score (nSPS) is 12.1. The molecule has 0 aliphatic rings. The standard InChI is InChI=1S/C9H17NO2/c1-8(12)5-6-10(4)9(2,3)7-11/h5-6,11H,7H2,1-4H3/b6-5+. The van der Waals surface area contributed by atoms with Crippen molar-refractivity contribution in [2.45, 2.75) is 26.3 Å². The lowest BCUT2D eigenvalue weighted by molar-refractivity contribution is -0.112. The molecule has 0 radical (unpaired) electrons. The molecule has 0 heterocycles. The van der Waals surface area contributed by atoms with Crippen LogP contribution >= 0.6 is 0 Å². The van der Waals surface area contributed by atoms with E-state index in [1.54, 1.807) is 6.20 Å². The predicted molar refractivity (Wildman–Crippen MR) is 48.7 cm³/mol. The molecule has 0 fully saturated rings. The molecule has 0 spiro atoms. The number of hydrogen-bond acceptors (Lipinski definition) is 3. The molecule has 0 aromatic heterocycles. The van der Waals surface area contributed by atoms with E-state index in [-0.39, 0.29) is 17.9 Å². The van der Waals surface area contributed by atoms with E-state index in [9.17, 15) is 4.79 Å². The maximum absolute atomic E-state index is 10.6. The van der Waals surface area contributed by atoms with Gasteiger partial charge in [0, 0.05) is 13.2 Å². The summed E-state index contributed by atoms with van der Waals surface area (Å²) in [5.41, 5.74) is -0.314. The Labute approximate surface area is 73.7 Å². The average molecular weight is 171 g/mol. The van der Waals surface area contributed by atoms with Gasteiger partial charge in [-0.2, -0.15) is 0 Å². The maximum Gasteiger partial charge on any atom is 0.154 e. The van der Waals surface area contributed by atoms with Crippen molar-refractivity contribution in [1.82, 2.24) is 4.90 Å². The molecule has 1 N–H and O–H groups in total. The molecule has 0 aromatic rings. The van der Waals surface area contributed by atoms with Crippen LogP contribution < -0.4 is 0 Å². The summed E-state index contributed by atoms with van der Waals surface area (Å²) in [6, 6.07) is 0. The monoisotopic (exact) mass is 171 g/mol. The van der Waals surface area contributed by atoms with Crippen molar-refractivity contribution in [3.63, 3.8) is 0 Å². The molecule has 3 nitrogen and oxygen atoms in total. The average Bonchev–Trinajstić information content (AvgIpc) is 2.00. The van der Waals surface area contributed by atoms with E-state index >= 15 is 0 Å². The molecule has 0 amide bonds. The fourth-order valence-corrected chi connectivity index (χ4v) is 0.530. The van der Waals surface area contributed by atoms with Crippen LogP contribution in [0.5, 0.6) is 0 Å². The molecule has 70 valence electrons. The van der Waals surface area contributed by atoms with Gasteiger partial charge in [0.05, 0.1) is 12.1 Å². The third-order valence-corrected chi connectivity index (χ3v) is 1.87. The largest absolute Gasteiger partial charge is 0.394 e. The van der Waals surface area contributed by atoms with E-state index in [0.29, 0.717) is 0 Å². The van der Waals surface area contributed by atoms with Crippen LogP contribution in [0, 0.1) is 0 Å². The van der Waals surface area contributed by atoms with Crippen molar-refractivity contribution in [2.75, 3.05) is 13.7 Å². The Bertz CT molecular complexity index is 185. The van der Waals surface area contributed by atoms with Crippen LogP contribution in [0.25, 0.3) is 0 Å². The van der Waals surface area contributed by atoms with Gasteiger partial charge in [0.1, 0.15) is 0 Å². The molecule has 0 aliphatic heterocycles. The van der Waals surface area contributed by atoms with Gasteiger partial charge in [-0.05, 0) is 26.8 Å². The Kier molecular flexibility index (Phi) is 3.96. The molecular weight excluding hydrogens is 154 g/mol. The second-order valence-corrected chi connectivity index (χ2v) is 3.51.